The molecule has 10 nitrogen and oxygen atoms in total. The molecular formula is C19H20N4O6. The number of aromatic hydroxyl groups is 1. The van der Waals surface area contributed by atoms with Crippen LogP contribution in [-0.4, -0.2) is 57.4 Å². The summed E-state index contributed by atoms with van der Waals surface area (Å²) < 4.78 is 0. The Hall–Kier alpha value is -3.50. The minimum Gasteiger partial charge on any atom is -0.515 e. The number of hydrogen-bond donors (Lipinski definition) is 6. The van der Waals surface area contributed by atoms with Crippen molar-refractivity contribution in [2.75, 3.05) is 26.2 Å². The third-order valence-corrected chi connectivity index (χ3v) is 4.53. The number of aromatic amines is 1. The van der Waals surface area contributed by atoms with Crippen LogP contribution in [0.15, 0.2) is 21.7 Å². The third kappa shape index (κ3) is 3.62. The van der Waals surface area contributed by atoms with Crippen LogP contribution in [-0.2, 0) is 0 Å². The molecule has 6 N–H and O–H groups in total. The van der Waals surface area contributed by atoms with Crippen LogP contribution in [0.4, 0.5) is 0 Å². The van der Waals surface area contributed by atoms with Crippen LogP contribution in [0.25, 0.3) is 28.3 Å². The van der Waals surface area contributed by atoms with Gasteiger partial charge in [-0.15, -0.1) is 0 Å². The lowest BCUT2D eigenvalue weighted by Gasteiger charge is -2.10. The lowest BCUT2D eigenvalue weighted by Crippen LogP contribution is -2.33. The number of phenolic OH excluding ortho intramolecular Hbond substituents is 1. The van der Waals surface area contributed by atoms with Crippen molar-refractivity contribution in [1.82, 2.24) is 20.6 Å². The van der Waals surface area contributed by atoms with Crippen LogP contribution in [0, 0.1) is 6.92 Å². The number of carbonyl (C=O) groups is 1. The molecule has 1 amide bonds. The molecule has 0 aliphatic rings. The maximum Gasteiger partial charge on any atom is 0.253 e. The first-order valence-electron chi connectivity index (χ1n) is 8.87. The average molecular weight is 400 g/mol. The third-order valence-electron chi connectivity index (χ3n) is 4.53. The Balaban J connectivity index is 2.17. The van der Waals surface area contributed by atoms with Crippen LogP contribution in [0.2, 0.25) is 0 Å². The van der Waals surface area contributed by atoms with E-state index in [-0.39, 0.29) is 51.6 Å². The van der Waals surface area contributed by atoms with E-state index in [4.69, 9.17) is 5.11 Å². The Kier molecular flexibility index (Phi) is 5.76. The zero-order valence-corrected chi connectivity index (χ0v) is 15.6. The number of carbonyl (C=O) groups excluding carboxylic acids is 1. The number of nitrogens with one attached hydrogen (secondary N) is 3. The van der Waals surface area contributed by atoms with Crippen LogP contribution in [0.5, 0.6) is 5.75 Å². The Labute approximate surface area is 163 Å². The van der Waals surface area contributed by atoms with Crippen molar-refractivity contribution >= 4 is 34.2 Å². The molecular weight excluding hydrogens is 380 g/mol. The molecule has 1 heterocycles. The summed E-state index contributed by atoms with van der Waals surface area (Å²) in [6, 6.07) is 2.52. The number of phenols is 1. The van der Waals surface area contributed by atoms with Crippen molar-refractivity contribution in [3.63, 3.8) is 0 Å². The quantitative estimate of drug-likeness (QED) is 0.221. The molecule has 0 saturated heterocycles. The summed E-state index contributed by atoms with van der Waals surface area (Å²) in [7, 11) is 0. The number of aliphatic hydroxyl groups excluding tert-OH is 2. The van der Waals surface area contributed by atoms with E-state index < -0.39 is 22.5 Å². The molecule has 0 atom stereocenters. The van der Waals surface area contributed by atoms with Gasteiger partial charge in [0.2, 0.25) is 10.9 Å². The minimum absolute atomic E-state index is 0.00515. The largest absolute Gasteiger partial charge is 0.515 e. The van der Waals surface area contributed by atoms with Gasteiger partial charge < -0.3 is 30.9 Å². The number of benzene rings is 2. The molecule has 0 unspecified atom stereocenters. The van der Waals surface area contributed by atoms with Crippen molar-refractivity contribution in [2.24, 2.45) is 0 Å². The van der Waals surface area contributed by atoms with Crippen molar-refractivity contribution < 1.29 is 20.1 Å². The summed E-state index contributed by atoms with van der Waals surface area (Å²) in [4.78, 5) is 44.4. The van der Waals surface area contributed by atoms with Crippen LogP contribution in [0.3, 0.4) is 0 Å². The molecule has 0 aliphatic heterocycles. The predicted molar refractivity (Wildman–Crippen MR) is 107 cm³/mol. The first-order valence-corrected chi connectivity index (χ1v) is 8.87. The second-order valence-corrected chi connectivity index (χ2v) is 6.37. The van der Waals surface area contributed by atoms with E-state index in [1.54, 1.807) is 0 Å². The number of aromatic nitrogens is 2. The van der Waals surface area contributed by atoms with Crippen molar-refractivity contribution in [3.05, 3.63) is 48.9 Å². The molecule has 0 spiro atoms. The molecule has 29 heavy (non-hydrogen) atoms. The standard InChI is InChI=1S/C19H20N4O6/c1-9-17(27)11(8-25)14-16(18(9)28)23-13-10(2-3-12(26)15(13)22-14)19(29)21-5-4-20-6-7-24/h2-3,8,20,23-25,27H,4-7H2,1H3,(H,21,29). The number of rotatable bonds is 6. The Morgan fingerprint density at radius 3 is 2.62 bits per heavy atom. The fourth-order valence-electron chi connectivity index (χ4n) is 3.01. The highest BCUT2D eigenvalue weighted by Crippen LogP contribution is 2.17. The summed E-state index contributed by atoms with van der Waals surface area (Å²) in [6.07, 6.45) is 0.608. The summed E-state index contributed by atoms with van der Waals surface area (Å²) in [5.74, 6) is -0.905. The monoisotopic (exact) mass is 400 g/mol. The Morgan fingerprint density at radius 1 is 1.17 bits per heavy atom. The normalized spacial score (nSPS) is 12.0. The number of aliphatic hydroxyl groups is 2. The van der Waals surface area contributed by atoms with E-state index in [1.807, 2.05) is 0 Å². The van der Waals surface area contributed by atoms with Crippen molar-refractivity contribution in [1.29, 1.82) is 0 Å². The second kappa shape index (κ2) is 8.25. The molecule has 3 rings (SSSR count). The average Bonchev–Trinajstić information content (AvgIpc) is 2.72. The number of hydrogen-bond acceptors (Lipinski definition) is 8. The van der Waals surface area contributed by atoms with Crippen molar-refractivity contribution in [3.8, 4) is 5.75 Å². The molecule has 0 radical (unpaired) electrons. The van der Waals surface area contributed by atoms with Gasteiger partial charge in [-0.2, -0.15) is 0 Å². The van der Waals surface area contributed by atoms with E-state index in [0.29, 0.717) is 19.4 Å². The first-order chi connectivity index (χ1) is 13.9. The van der Waals surface area contributed by atoms with Gasteiger partial charge in [-0.25, -0.2) is 4.98 Å². The van der Waals surface area contributed by atoms with E-state index >= 15 is 0 Å². The highest BCUT2D eigenvalue weighted by molar-refractivity contribution is 6.06. The van der Waals surface area contributed by atoms with Gasteiger partial charge in [0.1, 0.15) is 22.3 Å². The summed E-state index contributed by atoms with van der Waals surface area (Å²) >= 11 is 0. The number of fused-ring (bicyclic) bond motifs is 2. The zero-order valence-electron chi connectivity index (χ0n) is 15.6. The van der Waals surface area contributed by atoms with Crippen LogP contribution < -0.4 is 26.7 Å². The number of amides is 1. The summed E-state index contributed by atoms with van der Waals surface area (Å²) in [5, 5.41) is 33.8. The molecule has 1 aromatic heterocycles. The van der Waals surface area contributed by atoms with Crippen LogP contribution >= 0.6 is 0 Å². The molecule has 2 aromatic carbocycles. The molecule has 0 saturated carbocycles. The van der Waals surface area contributed by atoms with E-state index in [2.05, 4.69) is 20.6 Å². The molecule has 152 valence electrons. The van der Waals surface area contributed by atoms with E-state index in [0.717, 1.165) is 0 Å². The van der Waals surface area contributed by atoms with Gasteiger partial charge in [0, 0.05) is 25.2 Å². The van der Waals surface area contributed by atoms with E-state index in [9.17, 15) is 24.6 Å². The SMILES string of the molecule is Cc1c(O)c(=CO)c2nc3c(=O)ccc(C(=O)NCCNCCO)c3[nH]c2c1=O. The van der Waals surface area contributed by atoms with Gasteiger partial charge in [-0.1, -0.05) is 0 Å². The maximum atomic E-state index is 12.6. The number of nitrogens with zero attached hydrogens (tertiary/aromatic N) is 1. The minimum atomic E-state index is -0.562. The molecule has 10 heteroatoms. The van der Waals surface area contributed by atoms with E-state index in [1.165, 1.54) is 19.1 Å². The van der Waals surface area contributed by atoms with Gasteiger partial charge >= 0.3 is 0 Å². The molecule has 0 fully saturated rings. The van der Waals surface area contributed by atoms with Gasteiger partial charge in [-0.05, 0) is 19.1 Å². The van der Waals surface area contributed by atoms with Crippen molar-refractivity contribution in [2.45, 2.75) is 6.92 Å². The predicted octanol–water partition coefficient (Wildman–Crippen LogP) is -1.22. The fourth-order valence-corrected chi connectivity index (χ4v) is 3.01. The van der Waals surface area contributed by atoms with Gasteiger partial charge in [0.05, 0.1) is 29.2 Å². The smallest absolute Gasteiger partial charge is 0.253 e. The molecule has 3 aromatic rings. The lowest BCUT2D eigenvalue weighted by atomic mass is 10.1. The van der Waals surface area contributed by atoms with Gasteiger partial charge in [0.15, 0.2) is 0 Å². The second-order valence-electron chi connectivity index (χ2n) is 6.37. The summed E-state index contributed by atoms with van der Waals surface area (Å²) in [5.41, 5.74) is -1.08. The zero-order chi connectivity index (χ0) is 21.1. The Morgan fingerprint density at radius 2 is 1.93 bits per heavy atom. The van der Waals surface area contributed by atoms with Gasteiger partial charge in [-0.3, -0.25) is 14.4 Å². The van der Waals surface area contributed by atoms with Gasteiger partial charge in [0.25, 0.3) is 5.91 Å². The maximum absolute atomic E-state index is 12.6. The summed E-state index contributed by atoms with van der Waals surface area (Å²) in [6.45, 7) is 2.49. The highest BCUT2D eigenvalue weighted by atomic mass is 16.3. The number of H-pyrrole nitrogens is 1. The first kappa shape index (κ1) is 20.2. The molecule has 0 bridgehead atoms. The Bertz CT molecular complexity index is 1270. The topological polar surface area (TPSA) is 165 Å². The van der Waals surface area contributed by atoms with Crippen LogP contribution in [0.1, 0.15) is 15.9 Å². The fraction of sp³-hybridized carbons (Fsp3) is 0.263. The lowest BCUT2D eigenvalue weighted by molar-refractivity contribution is 0.0955. The highest BCUT2D eigenvalue weighted by Gasteiger charge is 2.18. The molecule has 0 aliphatic carbocycles.